The Bertz CT molecular complexity index is 538. The van der Waals surface area contributed by atoms with Crippen LogP contribution in [0.15, 0.2) is 42.0 Å². The van der Waals surface area contributed by atoms with Gasteiger partial charge in [-0.1, -0.05) is 48.0 Å². The van der Waals surface area contributed by atoms with Gasteiger partial charge >= 0.3 is 0 Å². The molecule has 2 aromatic rings. The molecule has 2 aromatic carbocycles. The topological polar surface area (TPSA) is 0 Å². The van der Waals surface area contributed by atoms with Gasteiger partial charge in [-0.05, 0) is 35.2 Å². The number of allylic oxidation sites excluding steroid dienone is 1. The first kappa shape index (κ1) is 10.6. The number of benzene rings is 2. The molecular formula is C14H12Li. The number of hydrogen-bond donors (Lipinski definition) is 0. The Labute approximate surface area is 102 Å². The van der Waals surface area contributed by atoms with E-state index in [0.29, 0.717) is 0 Å². The summed E-state index contributed by atoms with van der Waals surface area (Å²) in [6.45, 7) is 2.20. The zero-order valence-electron chi connectivity index (χ0n) is 9.25. The molecule has 0 saturated heterocycles. The van der Waals surface area contributed by atoms with Crippen molar-refractivity contribution in [2.24, 2.45) is 0 Å². The Kier molecular flexibility index (Phi) is 2.74. The fourth-order valence-corrected chi connectivity index (χ4v) is 2.28. The van der Waals surface area contributed by atoms with E-state index in [0.717, 1.165) is 6.42 Å². The van der Waals surface area contributed by atoms with Crippen LogP contribution in [0.3, 0.4) is 0 Å². The van der Waals surface area contributed by atoms with E-state index in [1.165, 1.54) is 27.5 Å². The van der Waals surface area contributed by atoms with E-state index in [4.69, 9.17) is 0 Å². The summed E-state index contributed by atoms with van der Waals surface area (Å²) in [6, 6.07) is 13.1. The molecule has 0 spiro atoms. The average Bonchev–Trinajstić information content (AvgIpc) is 2.59. The number of hydrogen-bond acceptors (Lipinski definition) is 0. The zero-order chi connectivity index (χ0) is 9.54. The molecule has 0 heterocycles. The van der Waals surface area contributed by atoms with Gasteiger partial charge in [0.05, 0.1) is 0 Å². The van der Waals surface area contributed by atoms with Crippen molar-refractivity contribution in [2.45, 2.75) is 13.3 Å². The van der Waals surface area contributed by atoms with Crippen LogP contribution in [-0.4, -0.2) is 18.9 Å². The van der Waals surface area contributed by atoms with Gasteiger partial charge in [-0.3, -0.25) is 0 Å². The molecule has 3 rings (SSSR count). The minimum atomic E-state index is 0. The monoisotopic (exact) mass is 187 g/mol. The Hall–Kier alpha value is -0.963. The summed E-state index contributed by atoms with van der Waals surface area (Å²) in [5.74, 6) is 0. The maximum Gasteiger partial charge on any atom is 0 e. The molecule has 0 aliphatic heterocycles. The predicted molar refractivity (Wildman–Crippen MR) is 67.1 cm³/mol. The molecule has 1 radical (unpaired) electrons. The average molecular weight is 187 g/mol. The summed E-state index contributed by atoms with van der Waals surface area (Å²) in [5, 5.41) is 2.77. The van der Waals surface area contributed by atoms with Crippen molar-refractivity contribution in [1.29, 1.82) is 0 Å². The number of fused-ring (bicyclic) bond motifs is 3. The van der Waals surface area contributed by atoms with Crippen molar-refractivity contribution in [3.8, 4) is 0 Å². The molecule has 0 amide bonds. The fraction of sp³-hybridized carbons (Fsp3) is 0.143. The standard InChI is InChI=1S/C14H12.Li/c1-10-8-12-7-6-11-4-2-3-5-13(11)14(12)9-10;/h2-8H,9H2,1H3;. The maximum atomic E-state index is 2.29. The van der Waals surface area contributed by atoms with Crippen LogP contribution in [-0.2, 0) is 6.42 Å². The van der Waals surface area contributed by atoms with Crippen LogP contribution in [0.1, 0.15) is 18.1 Å². The van der Waals surface area contributed by atoms with E-state index < -0.39 is 0 Å². The Morgan fingerprint density at radius 3 is 2.67 bits per heavy atom. The first-order valence-corrected chi connectivity index (χ1v) is 5.02. The van der Waals surface area contributed by atoms with Crippen LogP contribution in [0.5, 0.6) is 0 Å². The summed E-state index contributed by atoms with van der Waals surface area (Å²) < 4.78 is 0. The van der Waals surface area contributed by atoms with Crippen molar-refractivity contribution in [3.63, 3.8) is 0 Å². The second-order valence-electron chi connectivity index (χ2n) is 4.02. The third-order valence-corrected chi connectivity index (χ3v) is 2.93. The van der Waals surface area contributed by atoms with Gasteiger partial charge < -0.3 is 0 Å². The summed E-state index contributed by atoms with van der Waals surface area (Å²) >= 11 is 0. The van der Waals surface area contributed by atoms with Gasteiger partial charge in [-0.2, -0.15) is 0 Å². The van der Waals surface area contributed by atoms with Crippen LogP contribution >= 0.6 is 0 Å². The van der Waals surface area contributed by atoms with Gasteiger partial charge in [0.15, 0.2) is 0 Å². The first-order valence-electron chi connectivity index (χ1n) is 5.02. The molecule has 1 aliphatic rings. The van der Waals surface area contributed by atoms with E-state index in [9.17, 15) is 0 Å². The molecule has 0 bridgehead atoms. The molecule has 15 heavy (non-hydrogen) atoms. The minimum absolute atomic E-state index is 0. The normalized spacial score (nSPS) is 13.3. The van der Waals surface area contributed by atoms with E-state index >= 15 is 0 Å². The van der Waals surface area contributed by atoms with Gasteiger partial charge in [0.1, 0.15) is 0 Å². The Balaban J connectivity index is 0.000000853. The molecule has 69 valence electrons. The van der Waals surface area contributed by atoms with Gasteiger partial charge in [-0.15, -0.1) is 0 Å². The van der Waals surface area contributed by atoms with Crippen LogP contribution < -0.4 is 0 Å². The molecule has 0 unspecified atom stereocenters. The predicted octanol–water partition coefficient (Wildman–Crippen LogP) is 3.42. The zero-order valence-corrected chi connectivity index (χ0v) is 9.25. The van der Waals surface area contributed by atoms with E-state index in [1.807, 2.05) is 0 Å². The summed E-state index contributed by atoms with van der Waals surface area (Å²) in [4.78, 5) is 0. The van der Waals surface area contributed by atoms with Gasteiger partial charge in [0.25, 0.3) is 0 Å². The largest absolute Gasteiger partial charge is 0.0683 e. The second-order valence-corrected chi connectivity index (χ2v) is 4.02. The van der Waals surface area contributed by atoms with Gasteiger partial charge in [-0.25, -0.2) is 0 Å². The van der Waals surface area contributed by atoms with Crippen molar-refractivity contribution in [2.75, 3.05) is 0 Å². The van der Waals surface area contributed by atoms with Crippen LogP contribution in [0.4, 0.5) is 0 Å². The van der Waals surface area contributed by atoms with Crippen LogP contribution in [0, 0.1) is 0 Å². The second kappa shape index (κ2) is 3.89. The smallest absolute Gasteiger partial charge is 0 e. The molecule has 0 atom stereocenters. The summed E-state index contributed by atoms with van der Waals surface area (Å²) in [6.07, 6.45) is 3.42. The fourth-order valence-electron chi connectivity index (χ4n) is 2.28. The van der Waals surface area contributed by atoms with Crippen molar-refractivity contribution < 1.29 is 0 Å². The number of rotatable bonds is 0. The van der Waals surface area contributed by atoms with Crippen molar-refractivity contribution in [1.82, 2.24) is 0 Å². The minimum Gasteiger partial charge on any atom is -0.0683 e. The third-order valence-electron chi connectivity index (χ3n) is 2.93. The quantitative estimate of drug-likeness (QED) is 0.554. The molecule has 0 N–H and O–H groups in total. The Morgan fingerprint density at radius 1 is 1.00 bits per heavy atom. The van der Waals surface area contributed by atoms with Crippen LogP contribution in [0.25, 0.3) is 16.8 Å². The molecular weight excluding hydrogens is 175 g/mol. The van der Waals surface area contributed by atoms with Crippen molar-refractivity contribution in [3.05, 3.63) is 53.1 Å². The van der Waals surface area contributed by atoms with Crippen molar-refractivity contribution >= 4 is 35.7 Å². The van der Waals surface area contributed by atoms with Gasteiger partial charge in [0.2, 0.25) is 0 Å². The van der Waals surface area contributed by atoms with E-state index in [1.54, 1.807) is 0 Å². The first-order chi connectivity index (χ1) is 6.84. The molecule has 1 heteroatoms. The molecule has 1 aliphatic carbocycles. The maximum absolute atomic E-state index is 2.29. The molecule has 0 fully saturated rings. The molecule has 0 saturated carbocycles. The van der Waals surface area contributed by atoms with Crippen LogP contribution in [0.2, 0.25) is 0 Å². The Morgan fingerprint density at radius 2 is 1.80 bits per heavy atom. The van der Waals surface area contributed by atoms with E-state index in [2.05, 4.69) is 49.4 Å². The van der Waals surface area contributed by atoms with E-state index in [-0.39, 0.29) is 18.9 Å². The third kappa shape index (κ3) is 1.65. The summed E-state index contributed by atoms with van der Waals surface area (Å²) in [7, 11) is 0. The van der Waals surface area contributed by atoms with Gasteiger partial charge in [0, 0.05) is 18.9 Å². The summed E-state index contributed by atoms with van der Waals surface area (Å²) in [5.41, 5.74) is 4.37. The SMILES string of the molecule is CC1=Cc2ccc3ccccc3c2C1.[Li]. The molecule has 0 nitrogen and oxygen atoms in total. The molecule has 0 aromatic heterocycles.